The summed E-state index contributed by atoms with van der Waals surface area (Å²) in [4.78, 5) is 14.6. The first-order valence-electron chi connectivity index (χ1n) is 7.86. The van der Waals surface area contributed by atoms with E-state index in [-0.39, 0.29) is 10.8 Å². The summed E-state index contributed by atoms with van der Waals surface area (Å²) in [6.45, 7) is 0. The second kappa shape index (κ2) is 6.78. The van der Waals surface area contributed by atoms with Crippen molar-refractivity contribution >= 4 is 33.0 Å². The third kappa shape index (κ3) is 3.42. The molecule has 0 atom stereocenters. The number of methoxy groups -OCH3 is 1. The normalized spacial score (nSPS) is 13.8. The lowest BCUT2D eigenvalue weighted by molar-refractivity contribution is 0.103. The van der Waals surface area contributed by atoms with Crippen molar-refractivity contribution in [3.63, 3.8) is 0 Å². The highest BCUT2D eigenvalue weighted by Crippen LogP contribution is 2.33. The smallest absolute Gasteiger partial charge is 0.265 e. The van der Waals surface area contributed by atoms with Crippen LogP contribution in [0.5, 0.6) is 5.75 Å². The molecular formula is C17H20N2O4S2. The predicted molar refractivity (Wildman–Crippen MR) is 98.2 cm³/mol. The molecular weight excluding hydrogens is 360 g/mol. The number of nitrogens with one attached hydrogen (secondary N) is 1. The van der Waals surface area contributed by atoms with Crippen LogP contribution in [0.25, 0.3) is 0 Å². The van der Waals surface area contributed by atoms with Gasteiger partial charge in [0.05, 0.1) is 22.6 Å². The molecule has 6 nitrogen and oxygen atoms in total. The number of amides is 1. The first-order chi connectivity index (χ1) is 11.8. The molecule has 0 radical (unpaired) electrons. The summed E-state index contributed by atoms with van der Waals surface area (Å²) in [6, 6.07) is 6.35. The molecule has 1 amide bonds. The summed E-state index contributed by atoms with van der Waals surface area (Å²) in [5, 5.41) is 2.78. The standard InChI is InChI=1S/C17H20N2O4S2/c1-19(2)25(21,22)12-7-8-14(23-3)13(10-12)18-17(20)16-9-11-5-4-6-15(11)24-16/h7-10H,4-6H2,1-3H3,(H,18,20). The summed E-state index contributed by atoms with van der Waals surface area (Å²) >= 11 is 1.50. The average Bonchev–Trinajstić information content (AvgIpc) is 3.16. The van der Waals surface area contributed by atoms with Crippen molar-refractivity contribution in [2.24, 2.45) is 0 Å². The molecule has 0 bridgehead atoms. The summed E-state index contributed by atoms with van der Waals surface area (Å²) in [6.07, 6.45) is 3.17. The molecule has 0 aliphatic heterocycles. The summed E-state index contributed by atoms with van der Waals surface area (Å²) in [7, 11) is 0.810. The van der Waals surface area contributed by atoms with Crippen molar-refractivity contribution in [2.75, 3.05) is 26.5 Å². The minimum Gasteiger partial charge on any atom is -0.495 e. The fourth-order valence-electron chi connectivity index (χ4n) is 2.78. The molecule has 8 heteroatoms. The van der Waals surface area contributed by atoms with Crippen molar-refractivity contribution in [3.8, 4) is 5.75 Å². The van der Waals surface area contributed by atoms with E-state index in [1.807, 2.05) is 6.07 Å². The monoisotopic (exact) mass is 380 g/mol. The largest absolute Gasteiger partial charge is 0.495 e. The van der Waals surface area contributed by atoms with Crippen LogP contribution in [0.1, 0.15) is 26.5 Å². The van der Waals surface area contributed by atoms with E-state index in [4.69, 9.17) is 4.74 Å². The van der Waals surface area contributed by atoms with E-state index in [1.165, 1.54) is 55.1 Å². The number of hydrogen-bond acceptors (Lipinski definition) is 5. The van der Waals surface area contributed by atoms with E-state index in [9.17, 15) is 13.2 Å². The van der Waals surface area contributed by atoms with Crippen LogP contribution in [0.2, 0.25) is 0 Å². The Hall–Kier alpha value is -1.90. The second-order valence-electron chi connectivity index (χ2n) is 6.02. The van der Waals surface area contributed by atoms with Gasteiger partial charge in [-0.3, -0.25) is 4.79 Å². The van der Waals surface area contributed by atoms with Gasteiger partial charge in [0.2, 0.25) is 10.0 Å². The Morgan fingerprint density at radius 2 is 2.00 bits per heavy atom. The fourth-order valence-corrected chi connectivity index (χ4v) is 4.86. The van der Waals surface area contributed by atoms with Gasteiger partial charge in [-0.1, -0.05) is 0 Å². The van der Waals surface area contributed by atoms with Crippen LogP contribution in [0, 0.1) is 0 Å². The van der Waals surface area contributed by atoms with Crippen LogP contribution in [0.4, 0.5) is 5.69 Å². The van der Waals surface area contributed by atoms with E-state index in [0.717, 1.165) is 23.6 Å². The molecule has 1 aliphatic rings. The van der Waals surface area contributed by atoms with Gasteiger partial charge in [0.1, 0.15) is 5.75 Å². The Balaban J connectivity index is 1.91. The minimum atomic E-state index is -3.59. The number of aryl methyl sites for hydroxylation is 2. The van der Waals surface area contributed by atoms with Gasteiger partial charge in [0.25, 0.3) is 5.91 Å². The molecule has 0 spiro atoms. The minimum absolute atomic E-state index is 0.0993. The van der Waals surface area contributed by atoms with Crippen molar-refractivity contribution in [2.45, 2.75) is 24.2 Å². The molecule has 3 rings (SSSR count). The first-order valence-corrected chi connectivity index (χ1v) is 10.1. The van der Waals surface area contributed by atoms with Gasteiger partial charge in [-0.05, 0) is 49.1 Å². The SMILES string of the molecule is COc1ccc(S(=O)(=O)N(C)C)cc1NC(=O)c1cc2c(s1)CCC2. The van der Waals surface area contributed by atoms with Crippen LogP contribution in [0.3, 0.4) is 0 Å². The Labute approximate surface area is 151 Å². The number of fused-ring (bicyclic) bond motifs is 1. The second-order valence-corrected chi connectivity index (χ2v) is 9.30. The van der Waals surface area contributed by atoms with E-state index in [2.05, 4.69) is 5.32 Å². The lowest BCUT2D eigenvalue weighted by atomic mass is 10.2. The van der Waals surface area contributed by atoms with Crippen LogP contribution in [-0.2, 0) is 22.9 Å². The van der Waals surface area contributed by atoms with Crippen molar-refractivity contribution in [1.82, 2.24) is 4.31 Å². The van der Waals surface area contributed by atoms with Crippen LogP contribution >= 0.6 is 11.3 Å². The van der Waals surface area contributed by atoms with Crippen molar-refractivity contribution in [3.05, 3.63) is 39.6 Å². The summed E-state index contributed by atoms with van der Waals surface area (Å²) in [5.41, 5.74) is 1.58. The fraction of sp³-hybridized carbons (Fsp3) is 0.353. The highest BCUT2D eigenvalue weighted by Gasteiger charge is 2.22. The molecule has 1 aromatic heterocycles. The highest BCUT2D eigenvalue weighted by atomic mass is 32.2. The molecule has 0 saturated carbocycles. The number of hydrogen-bond donors (Lipinski definition) is 1. The van der Waals surface area contributed by atoms with Gasteiger partial charge in [0, 0.05) is 19.0 Å². The summed E-state index contributed by atoms with van der Waals surface area (Å²) < 4.78 is 31.0. The molecule has 1 aliphatic carbocycles. The molecule has 1 heterocycles. The van der Waals surface area contributed by atoms with Gasteiger partial charge in [-0.25, -0.2) is 12.7 Å². The number of sulfonamides is 1. The number of anilines is 1. The van der Waals surface area contributed by atoms with Gasteiger partial charge >= 0.3 is 0 Å². The van der Waals surface area contributed by atoms with Gasteiger partial charge in [-0.15, -0.1) is 11.3 Å². The van der Waals surface area contributed by atoms with E-state index in [0.29, 0.717) is 16.3 Å². The molecule has 2 aromatic rings. The van der Waals surface area contributed by atoms with Gasteiger partial charge < -0.3 is 10.1 Å². The highest BCUT2D eigenvalue weighted by molar-refractivity contribution is 7.89. The average molecular weight is 380 g/mol. The van der Waals surface area contributed by atoms with E-state index < -0.39 is 10.0 Å². The number of nitrogens with zero attached hydrogens (tertiary/aromatic N) is 1. The zero-order valence-corrected chi connectivity index (χ0v) is 16.0. The van der Waals surface area contributed by atoms with E-state index >= 15 is 0 Å². The van der Waals surface area contributed by atoms with Crippen molar-refractivity contribution < 1.29 is 17.9 Å². The van der Waals surface area contributed by atoms with Crippen molar-refractivity contribution in [1.29, 1.82) is 0 Å². The Morgan fingerprint density at radius 1 is 1.24 bits per heavy atom. The molecule has 25 heavy (non-hydrogen) atoms. The van der Waals surface area contributed by atoms with Gasteiger partial charge in [0.15, 0.2) is 0 Å². The predicted octanol–water partition coefficient (Wildman–Crippen LogP) is 2.75. The lowest BCUT2D eigenvalue weighted by Gasteiger charge is -2.15. The number of rotatable bonds is 5. The zero-order valence-electron chi connectivity index (χ0n) is 14.3. The van der Waals surface area contributed by atoms with Crippen LogP contribution in [-0.4, -0.2) is 39.8 Å². The number of carbonyl (C=O) groups excluding carboxylic acids is 1. The Morgan fingerprint density at radius 3 is 2.64 bits per heavy atom. The number of ether oxygens (including phenoxy) is 1. The third-order valence-corrected chi connectivity index (χ3v) is 7.22. The molecule has 0 unspecified atom stereocenters. The number of thiophene rings is 1. The maximum Gasteiger partial charge on any atom is 0.265 e. The maximum atomic E-state index is 12.6. The Bertz CT molecular complexity index is 895. The molecule has 0 saturated heterocycles. The molecule has 0 fully saturated rings. The van der Waals surface area contributed by atoms with Crippen LogP contribution < -0.4 is 10.1 Å². The first kappa shape index (κ1) is 17.9. The molecule has 1 N–H and O–H groups in total. The number of carbonyl (C=O) groups is 1. The topological polar surface area (TPSA) is 75.7 Å². The van der Waals surface area contributed by atoms with Gasteiger partial charge in [-0.2, -0.15) is 0 Å². The van der Waals surface area contributed by atoms with E-state index in [1.54, 1.807) is 6.07 Å². The summed E-state index contributed by atoms with van der Waals surface area (Å²) in [5.74, 6) is 0.159. The maximum absolute atomic E-state index is 12.6. The molecule has 134 valence electrons. The Kier molecular flexibility index (Phi) is 4.86. The number of benzene rings is 1. The molecule has 1 aromatic carbocycles. The third-order valence-electron chi connectivity index (χ3n) is 4.17. The lowest BCUT2D eigenvalue weighted by Crippen LogP contribution is -2.22. The quantitative estimate of drug-likeness (QED) is 0.865. The van der Waals surface area contributed by atoms with Crippen LogP contribution in [0.15, 0.2) is 29.2 Å². The zero-order chi connectivity index (χ0) is 18.2.